The average molecular weight is 545 g/mol. The number of thioether (sulfide) groups is 1. The maximum atomic E-state index is 14.6. The number of fused-ring (bicyclic) bond motifs is 1. The Bertz CT molecular complexity index is 1080. The van der Waals surface area contributed by atoms with Crippen molar-refractivity contribution < 1.29 is 29.0 Å². The molecule has 3 aliphatic heterocycles. The molecule has 208 valence electrons. The fourth-order valence-corrected chi connectivity index (χ4v) is 9.13. The van der Waals surface area contributed by atoms with Crippen molar-refractivity contribution in [2.75, 3.05) is 31.8 Å². The van der Waals surface area contributed by atoms with Gasteiger partial charge in [-0.05, 0) is 63.3 Å². The molecule has 8 nitrogen and oxygen atoms in total. The first-order valence-corrected chi connectivity index (χ1v) is 14.3. The summed E-state index contributed by atoms with van der Waals surface area (Å²) in [7, 11) is 1.58. The van der Waals surface area contributed by atoms with E-state index in [4.69, 9.17) is 9.47 Å². The number of carbonyl (C=O) groups excluding carboxylic acids is 3. The van der Waals surface area contributed by atoms with Crippen LogP contribution in [-0.4, -0.2) is 76.2 Å². The second-order valence-corrected chi connectivity index (χ2v) is 13.0. The van der Waals surface area contributed by atoms with Gasteiger partial charge in [-0.15, -0.1) is 18.3 Å². The first kappa shape index (κ1) is 28.5. The van der Waals surface area contributed by atoms with Gasteiger partial charge >= 0.3 is 5.97 Å². The van der Waals surface area contributed by atoms with Crippen molar-refractivity contribution in [3.05, 3.63) is 36.9 Å². The molecule has 1 spiro atoms. The number of anilines is 1. The molecule has 38 heavy (non-hydrogen) atoms. The van der Waals surface area contributed by atoms with Crippen LogP contribution in [-0.2, 0) is 19.1 Å². The molecular formula is C29H40N2O6S. The fraction of sp³-hybridized carbons (Fsp3) is 0.621. The van der Waals surface area contributed by atoms with Crippen molar-refractivity contribution in [1.29, 1.82) is 0 Å². The van der Waals surface area contributed by atoms with Crippen molar-refractivity contribution in [2.45, 2.75) is 68.5 Å². The Morgan fingerprint density at radius 1 is 1.29 bits per heavy atom. The summed E-state index contributed by atoms with van der Waals surface area (Å²) in [6.45, 7) is 11.9. The molecule has 2 bridgehead atoms. The molecule has 3 fully saturated rings. The van der Waals surface area contributed by atoms with E-state index in [1.807, 2.05) is 32.9 Å². The van der Waals surface area contributed by atoms with E-state index in [9.17, 15) is 19.5 Å². The highest BCUT2D eigenvalue weighted by molar-refractivity contribution is 8.02. The van der Waals surface area contributed by atoms with Gasteiger partial charge in [0, 0.05) is 17.0 Å². The van der Waals surface area contributed by atoms with E-state index in [0.717, 1.165) is 0 Å². The van der Waals surface area contributed by atoms with Crippen LogP contribution in [0, 0.1) is 17.8 Å². The van der Waals surface area contributed by atoms with Gasteiger partial charge in [0.1, 0.15) is 11.8 Å². The molecule has 3 saturated heterocycles. The zero-order chi connectivity index (χ0) is 27.8. The predicted molar refractivity (Wildman–Crippen MR) is 148 cm³/mol. The number of methoxy groups -OCH3 is 1. The molecule has 6 atom stereocenters. The highest BCUT2D eigenvalue weighted by Gasteiger charge is 2.78. The SMILES string of the molecule is C=CCN(C(=O)C1N([C@@H](CO)CC(C)C)C(=O)[C@@H]2[C@H](C(=O)OCC)[C@]3(C)CCC12S3)c1ccc(OC)cc1. The van der Waals surface area contributed by atoms with Gasteiger partial charge in [0.25, 0.3) is 5.91 Å². The Labute approximate surface area is 229 Å². The van der Waals surface area contributed by atoms with Gasteiger partial charge in [-0.3, -0.25) is 14.4 Å². The minimum Gasteiger partial charge on any atom is -0.497 e. The summed E-state index contributed by atoms with van der Waals surface area (Å²) in [5.74, 6) is -1.29. The monoisotopic (exact) mass is 544 g/mol. The summed E-state index contributed by atoms with van der Waals surface area (Å²) in [4.78, 5) is 45.5. The van der Waals surface area contributed by atoms with Crippen LogP contribution in [0.25, 0.3) is 0 Å². The molecule has 0 radical (unpaired) electrons. The Kier molecular flexibility index (Phi) is 8.19. The van der Waals surface area contributed by atoms with Gasteiger partial charge < -0.3 is 24.4 Å². The van der Waals surface area contributed by atoms with Gasteiger partial charge in [0.2, 0.25) is 5.91 Å². The average Bonchev–Trinajstić information content (AvgIpc) is 3.46. The maximum Gasteiger partial charge on any atom is 0.311 e. The van der Waals surface area contributed by atoms with Gasteiger partial charge in [0.15, 0.2) is 0 Å². The number of ether oxygens (including phenoxy) is 2. The second kappa shape index (κ2) is 10.9. The molecule has 9 heteroatoms. The number of aliphatic hydroxyl groups is 1. The smallest absolute Gasteiger partial charge is 0.311 e. The minimum absolute atomic E-state index is 0.196. The van der Waals surface area contributed by atoms with E-state index in [2.05, 4.69) is 6.58 Å². The van der Waals surface area contributed by atoms with E-state index in [-0.39, 0.29) is 43.5 Å². The molecule has 0 saturated carbocycles. The molecule has 1 aromatic rings. The summed E-state index contributed by atoms with van der Waals surface area (Å²) >= 11 is 1.60. The summed E-state index contributed by atoms with van der Waals surface area (Å²) in [6, 6.07) is 5.85. The van der Waals surface area contributed by atoms with Crippen LogP contribution in [0.3, 0.4) is 0 Å². The van der Waals surface area contributed by atoms with Crippen LogP contribution in [0.2, 0.25) is 0 Å². The fourth-order valence-electron chi connectivity index (χ4n) is 6.81. The zero-order valence-corrected chi connectivity index (χ0v) is 23.8. The van der Waals surface area contributed by atoms with Crippen molar-refractivity contribution in [3.63, 3.8) is 0 Å². The number of nitrogens with zero attached hydrogens (tertiary/aromatic N) is 2. The molecule has 2 amide bonds. The van der Waals surface area contributed by atoms with Crippen molar-refractivity contribution in [1.82, 2.24) is 4.90 Å². The van der Waals surface area contributed by atoms with Crippen LogP contribution >= 0.6 is 11.8 Å². The van der Waals surface area contributed by atoms with Gasteiger partial charge in [-0.2, -0.15) is 0 Å². The Hall–Kier alpha value is -2.52. The number of likely N-dealkylation sites (tertiary alicyclic amines) is 1. The summed E-state index contributed by atoms with van der Waals surface area (Å²) < 4.78 is 9.48. The lowest BCUT2D eigenvalue weighted by Gasteiger charge is -2.40. The van der Waals surface area contributed by atoms with E-state index in [1.54, 1.807) is 53.8 Å². The minimum atomic E-state index is -0.829. The standard InChI is InChI=1S/C29H40N2O6S/c1-7-15-30(19-9-11-21(36-6)12-10-19)26(34)24-29-14-13-28(5,38-29)23(27(35)37-8-2)22(29)25(33)31(24)20(17-32)16-18(3)4/h7,9-12,18,20,22-24,32H,1,8,13-17H2,2-6H3/t20-,22+,23-,24?,28+,29?/m1/s1. The second-order valence-electron chi connectivity index (χ2n) is 11.1. The molecule has 4 rings (SSSR count). The van der Waals surface area contributed by atoms with E-state index in [0.29, 0.717) is 30.7 Å². The van der Waals surface area contributed by atoms with Crippen LogP contribution in [0.15, 0.2) is 36.9 Å². The van der Waals surface area contributed by atoms with Gasteiger partial charge in [0.05, 0.1) is 42.9 Å². The van der Waals surface area contributed by atoms with Crippen molar-refractivity contribution in [3.8, 4) is 5.75 Å². The van der Waals surface area contributed by atoms with Crippen LogP contribution in [0.1, 0.15) is 47.0 Å². The molecule has 1 N–H and O–H groups in total. The molecule has 0 aromatic heterocycles. The highest BCUT2D eigenvalue weighted by Crippen LogP contribution is 2.72. The first-order chi connectivity index (χ1) is 18.1. The Morgan fingerprint density at radius 2 is 1.97 bits per heavy atom. The summed E-state index contributed by atoms with van der Waals surface area (Å²) in [6.07, 6.45) is 3.56. The van der Waals surface area contributed by atoms with E-state index in [1.165, 1.54) is 0 Å². The van der Waals surface area contributed by atoms with Crippen molar-refractivity contribution in [2.24, 2.45) is 17.8 Å². The first-order valence-electron chi connectivity index (χ1n) is 13.4. The van der Waals surface area contributed by atoms with Gasteiger partial charge in [-0.25, -0.2) is 0 Å². The number of amides is 2. The number of carbonyl (C=O) groups is 3. The largest absolute Gasteiger partial charge is 0.497 e. The summed E-state index contributed by atoms with van der Waals surface area (Å²) in [5.41, 5.74) is 0.665. The van der Waals surface area contributed by atoms with Crippen LogP contribution in [0.4, 0.5) is 5.69 Å². The molecule has 2 unspecified atom stereocenters. The zero-order valence-electron chi connectivity index (χ0n) is 23.0. The van der Waals surface area contributed by atoms with E-state index < -0.39 is 33.4 Å². The van der Waals surface area contributed by atoms with Crippen LogP contribution in [0.5, 0.6) is 5.75 Å². The third-order valence-electron chi connectivity index (χ3n) is 8.30. The Balaban J connectivity index is 1.84. The number of hydrogen-bond acceptors (Lipinski definition) is 7. The Morgan fingerprint density at radius 3 is 2.53 bits per heavy atom. The van der Waals surface area contributed by atoms with E-state index >= 15 is 0 Å². The summed E-state index contributed by atoms with van der Waals surface area (Å²) in [5, 5.41) is 10.5. The molecular weight excluding hydrogens is 504 g/mol. The maximum absolute atomic E-state index is 14.6. The third kappa shape index (κ3) is 4.51. The lowest BCUT2D eigenvalue weighted by molar-refractivity contribution is -0.155. The third-order valence-corrected chi connectivity index (χ3v) is 10.3. The number of hydrogen-bond donors (Lipinski definition) is 1. The van der Waals surface area contributed by atoms with Gasteiger partial charge in [-0.1, -0.05) is 19.9 Å². The molecule has 3 aliphatic rings. The normalized spacial score (nSPS) is 30.3. The molecule has 0 aliphatic carbocycles. The quantitative estimate of drug-likeness (QED) is 0.335. The lowest BCUT2D eigenvalue weighted by atomic mass is 9.66. The predicted octanol–water partition coefficient (Wildman–Crippen LogP) is 3.67. The molecule has 1 aromatic carbocycles. The lowest BCUT2D eigenvalue weighted by Crippen LogP contribution is -2.57. The number of rotatable bonds is 11. The number of aliphatic hydroxyl groups excluding tert-OH is 1. The number of esters is 1. The molecule has 3 heterocycles. The highest BCUT2D eigenvalue weighted by atomic mass is 32.2. The van der Waals surface area contributed by atoms with Crippen molar-refractivity contribution >= 4 is 35.2 Å². The topological polar surface area (TPSA) is 96.4 Å². The number of benzene rings is 1. The van der Waals surface area contributed by atoms with Crippen LogP contribution < -0.4 is 9.64 Å².